The third-order valence-electron chi connectivity index (χ3n) is 5.09. The van der Waals surface area contributed by atoms with E-state index in [1.54, 1.807) is 0 Å². The largest absolute Gasteiger partial charge is 0.477 e. The average molecular weight is 407 g/mol. The molecule has 1 aliphatic rings. The van der Waals surface area contributed by atoms with Crippen molar-refractivity contribution in [2.75, 3.05) is 13.1 Å². The highest BCUT2D eigenvalue weighted by molar-refractivity contribution is 5.86. The van der Waals surface area contributed by atoms with Crippen LogP contribution in [0, 0.1) is 20.8 Å². The molecule has 154 valence electrons. The summed E-state index contributed by atoms with van der Waals surface area (Å²) in [4.78, 5) is 13.2. The second kappa shape index (κ2) is 9.43. The Balaban J connectivity index is 0.00000280. The number of aromatic nitrogens is 2. The van der Waals surface area contributed by atoms with Gasteiger partial charge in [0.15, 0.2) is 5.60 Å². The molecule has 7 heteroatoms. The molecule has 0 spiro atoms. The quantitative estimate of drug-likeness (QED) is 0.773. The van der Waals surface area contributed by atoms with Gasteiger partial charge in [-0.2, -0.15) is 5.10 Å². The van der Waals surface area contributed by atoms with Crippen molar-refractivity contribution in [2.45, 2.75) is 58.7 Å². The molecule has 1 aromatic heterocycles. The van der Waals surface area contributed by atoms with Crippen LogP contribution < -0.4 is 15.4 Å². The molecule has 2 N–H and O–H groups in total. The van der Waals surface area contributed by atoms with Gasteiger partial charge >= 0.3 is 0 Å². The maximum Gasteiger partial charge on any atom is 0.264 e. The molecule has 1 saturated heterocycles. The van der Waals surface area contributed by atoms with E-state index in [1.165, 1.54) is 5.56 Å². The van der Waals surface area contributed by atoms with Gasteiger partial charge in [0.05, 0.1) is 12.2 Å². The van der Waals surface area contributed by atoms with E-state index in [2.05, 4.69) is 15.7 Å². The molecule has 6 nitrogen and oxygen atoms in total. The standard InChI is InChI=1S/C21H30N4O2.ClH/c1-15-5-7-19(8-6-15)27-21(9-11-22-12-10-21)20(26)23-17(3)14-25-18(4)13-16(2)24-25;/h5-8,13,17,22H,9-12,14H2,1-4H3,(H,23,26);1H. The van der Waals surface area contributed by atoms with E-state index in [4.69, 9.17) is 4.74 Å². The normalized spacial score (nSPS) is 16.7. The first-order valence-electron chi connectivity index (χ1n) is 9.66. The molecule has 0 aliphatic carbocycles. The van der Waals surface area contributed by atoms with Gasteiger partial charge in [-0.25, -0.2) is 0 Å². The molecule has 2 aromatic rings. The van der Waals surface area contributed by atoms with Gasteiger partial charge in [-0.3, -0.25) is 9.48 Å². The number of aryl methyl sites for hydroxylation is 3. The Morgan fingerprint density at radius 3 is 2.46 bits per heavy atom. The van der Waals surface area contributed by atoms with E-state index < -0.39 is 5.60 Å². The van der Waals surface area contributed by atoms with Crippen LogP contribution in [0.15, 0.2) is 30.3 Å². The van der Waals surface area contributed by atoms with Crippen LogP contribution in [0.4, 0.5) is 0 Å². The van der Waals surface area contributed by atoms with Crippen molar-refractivity contribution in [3.63, 3.8) is 0 Å². The van der Waals surface area contributed by atoms with Gasteiger partial charge in [0.1, 0.15) is 5.75 Å². The highest BCUT2D eigenvalue weighted by Crippen LogP contribution is 2.27. The molecule has 1 fully saturated rings. The molecule has 3 rings (SSSR count). The number of nitrogens with zero attached hydrogens (tertiary/aromatic N) is 2. The van der Waals surface area contributed by atoms with E-state index in [9.17, 15) is 4.79 Å². The van der Waals surface area contributed by atoms with Crippen molar-refractivity contribution in [3.05, 3.63) is 47.3 Å². The number of carbonyl (C=O) groups is 1. The van der Waals surface area contributed by atoms with Crippen LogP contribution in [0.2, 0.25) is 0 Å². The lowest BCUT2D eigenvalue weighted by Gasteiger charge is -2.37. The first-order chi connectivity index (χ1) is 12.9. The minimum Gasteiger partial charge on any atom is -0.477 e. The number of carbonyl (C=O) groups excluding carboxylic acids is 1. The Hall–Kier alpha value is -2.05. The van der Waals surface area contributed by atoms with E-state index in [1.807, 2.05) is 62.7 Å². The summed E-state index contributed by atoms with van der Waals surface area (Å²) < 4.78 is 8.20. The van der Waals surface area contributed by atoms with Crippen molar-refractivity contribution in [1.82, 2.24) is 20.4 Å². The highest BCUT2D eigenvalue weighted by atomic mass is 35.5. The zero-order valence-corrected chi connectivity index (χ0v) is 17.9. The summed E-state index contributed by atoms with van der Waals surface area (Å²) in [6, 6.07) is 9.89. The zero-order valence-electron chi connectivity index (χ0n) is 17.1. The Kier molecular flexibility index (Phi) is 7.49. The second-order valence-corrected chi connectivity index (χ2v) is 7.64. The summed E-state index contributed by atoms with van der Waals surface area (Å²) in [5.41, 5.74) is 2.43. The summed E-state index contributed by atoms with van der Waals surface area (Å²) in [6.07, 6.45) is 1.30. The maximum atomic E-state index is 13.2. The van der Waals surface area contributed by atoms with Gasteiger partial charge in [0.2, 0.25) is 0 Å². The molecular weight excluding hydrogens is 376 g/mol. The first-order valence-corrected chi connectivity index (χ1v) is 9.66. The number of ether oxygens (including phenoxy) is 1. The number of hydrogen-bond donors (Lipinski definition) is 2. The average Bonchev–Trinajstić information content (AvgIpc) is 2.94. The molecule has 1 unspecified atom stereocenters. The molecule has 0 saturated carbocycles. The fraction of sp³-hybridized carbons (Fsp3) is 0.524. The minimum absolute atomic E-state index is 0. The summed E-state index contributed by atoms with van der Waals surface area (Å²) in [5.74, 6) is 0.697. The molecule has 2 heterocycles. The van der Waals surface area contributed by atoms with Crippen LogP contribution in [0.1, 0.15) is 36.7 Å². The number of amides is 1. The predicted molar refractivity (Wildman–Crippen MR) is 113 cm³/mol. The number of piperidine rings is 1. The maximum absolute atomic E-state index is 13.2. The van der Waals surface area contributed by atoms with Crippen molar-refractivity contribution < 1.29 is 9.53 Å². The van der Waals surface area contributed by atoms with Gasteiger partial charge in [0.25, 0.3) is 5.91 Å². The van der Waals surface area contributed by atoms with Crippen LogP contribution >= 0.6 is 12.4 Å². The van der Waals surface area contributed by atoms with Crippen molar-refractivity contribution in [3.8, 4) is 5.75 Å². The fourth-order valence-corrected chi connectivity index (χ4v) is 3.56. The van der Waals surface area contributed by atoms with Crippen molar-refractivity contribution >= 4 is 18.3 Å². The zero-order chi connectivity index (χ0) is 19.4. The number of rotatable bonds is 6. The van der Waals surface area contributed by atoms with Crippen LogP contribution in [0.25, 0.3) is 0 Å². The predicted octanol–water partition coefficient (Wildman–Crippen LogP) is 2.94. The molecule has 1 atom stereocenters. The van der Waals surface area contributed by atoms with Gasteiger partial charge < -0.3 is 15.4 Å². The number of hydrogen-bond acceptors (Lipinski definition) is 4. The lowest BCUT2D eigenvalue weighted by molar-refractivity contribution is -0.140. The lowest BCUT2D eigenvalue weighted by atomic mass is 9.90. The summed E-state index contributed by atoms with van der Waals surface area (Å²) in [7, 11) is 0. The number of halogens is 1. The van der Waals surface area contributed by atoms with Crippen molar-refractivity contribution in [1.29, 1.82) is 0 Å². The fourth-order valence-electron chi connectivity index (χ4n) is 3.56. The topological polar surface area (TPSA) is 68.2 Å². The van der Waals surface area contributed by atoms with Crippen LogP contribution in [0.5, 0.6) is 5.75 Å². The lowest BCUT2D eigenvalue weighted by Crippen LogP contribution is -2.58. The molecule has 0 bridgehead atoms. The van der Waals surface area contributed by atoms with Gasteiger partial charge in [-0.15, -0.1) is 12.4 Å². The highest BCUT2D eigenvalue weighted by Gasteiger charge is 2.42. The summed E-state index contributed by atoms with van der Waals surface area (Å²) >= 11 is 0. The molecular formula is C21H31ClN4O2. The monoisotopic (exact) mass is 406 g/mol. The smallest absolute Gasteiger partial charge is 0.264 e. The van der Waals surface area contributed by atoms with Gasteiger partial charge in [-0.05, 0) is 59.0 Å². The number of benzene rings is 1. The molecule has 1 amide bonds. The Morgan fingerprint density at radius 2 is 1.89 bits per heavy atom. The SMILES string of the molecule is Cc1ccc(OC2(C(=O)NC(C)Cn3nc(C)cc3C)CCNCC2)cc1.Cl. The van der Waals surface area contributed by atoms with E-state index >= 15 is 0 Å². The van der Waals surface area contributed by atoms with Crippen molar-refractivity contribution in [2.24, 2.45) is 0 Å². The Bertz CT molecular complexity index is 782. The van der Waals surface area contributed by atoms with Gasteiger partial charge in [0, 0.05) is 24.6 Å². The van der Waals surface area contributed by atoms with Gasteiger partial charge in [-0.1, -0.05) is 17.7 Å². The Morgan fingerprint density at radius 1 is 1.25 bits per heavy atom. The Labute approximate surface area is 173 Å². The van der Waals surface area contributed by atoms with Crippen LogP contribution in [0.3, 0.4) is 0 Å². The van der Waals surface area contributed by atoms with E-state index in [-0.39, 0.29) is 24.4 Å². The van der Waals surface area contributed by atoms with E-state index in [0.29, 0.717) is 19.4 Å². The van der Waals surface area contributed by atoms with Crippen LogP contribution in [-0.2, 0) is 11.3 Å². The molecule has 28 heavy (non-hydrogen) atoms. The minimum atomic E-state index is -0.830. The molecule has 1 aromatic carbocycles. The second-order valence-electron chi connectivity index (χ2n) is 7.64. The molecule has 0 radical (unpaired) electrons. The van der Waals surface area contributed by atoms with E-state index in [0.717, 1.165) is 30.2 Å². The third-order valence-corrected chi connectivity index (χ3v) is 5.09. The summed E-state index contributed by atoms with van der Waals surface area (Å²) in [6.45, 7) is 10.2. The number of nitrogens with one attached hydrogen (secondary N) is 2. The van der Waals surface area contributed by atoms with Crippen LogP contribution in [-0.4, -0.2) is 40.4 Å². The summed E-state index contributed by atoms with van der Waals surface area (Å²) in [5, 5.41) is 11.0. The first kappa shape index (κ1) is 22.2. The molecule has 1 aliphatic heterocycles. The third kappa shape index (κ3) is 5.26.